The van der Waals surface area contributed by atoms with E-state index in [-0.39, 0.29) is 11.9 Å². The molecule has 2 aromatic heterocycles. The summed E-state index contributed by atoms with van der Waals surface area (Å²) >= 11 is 0. The van der Waals surface area contributed by atoms with E-state index in [0.717, 1.165) is 49.3 Å². The van der Waals surface area contributed by atoms with Crippen LogP contribution < -0.4 is 10.6 Å². The molecule has 3 heterocycles. The van der Waals surface area contributed by atoms with Gasteiger partial charge in [0.1, 0.15) is 5.82 Å². The first kappa shape index (κ1) is 17.7. The van der Waals surface area contributed by atoms with Gasteiger partial charge >= 0.3 is 0 Å². The molecule has 0 bridgehead atoms. The fraction of sp³-hybridized carbons (Fsp3) is 0.474. The van der Waals surface area contributed by atoms with Gasteiger partial charge in [-0.25, -0.2) is 9.67 Å². The van der Waals surface area contributed by atoms with Crippen molar-refractivity contribution in [2.45, 2.75) is 45.3 Å². The maximum atomic E-state index is 12.7. The van der Waals surface area contributed by atoms with E-state index in [1.54, 1.807) is 6.20 Å². The van der Waals surface area contributed by atoms with Crippen molar-refractivity contribution in [1.29, 1.82) is 0 Å². The van der Waals surface area contributed by atoms with E-state index in [1.165, 1.54) is 0 Å². The van der Waals surface area contributed by atoms with E-state index < -0.39 is 0 Å². The lowest BCUT2D eigenvalue weighted by atomic mass is 10.1. The number of piperidine rings is 1. The molecule has 2 N–H and O–H groups in total. The number of nitrogens with one attached hydrogen (secondary N) is 2. The molecule has 1 aromatic carbocycles. The normalized spacial score (nSPS) is 16.5. The Morgan fingerprint density at radius 2 is 2.11 bits per heavy atom. The Morgan fingerprint density at radius 3 is 2.89 bits per heavy atom. The first-order chi connectivity index (χ1) is 13.2. The predicted octanol–water partition coefficient (Wildman–Crippen LogP) is 2.06. The van der Waals surface area contributed by atoms with Crippen LogP contribution >= 0.6 is 0 Å². The molecule has 0 radical (unpaired) electrons. The summed E-state index contributed by atoms with van der Waals surface area (Å²) in [5.41, 5.74) is 2.36. The monoisotopic (exact) mass is 367 g/mol. The zero-order chi connectivity index (χ0) is 18.8. The minimum Gasteiger partial charge on any atom is -0.341 e. The van der Waals surface area contributed by atoms with Crippen molar-refractivity contribution in [3.05, 3.63) is 42.0 Å². The molecular weight excluding hydrogens is 342 g/mol. The molecule has 1 amide bonds. The van der Waals surface area contributed by atoms with Crippen LogP contribution in [0.15, 0.2) is 30.5 Å². The van der Waals surface area contributed by atoms with E-state index in [9.17, 15) is 4.79 Å². The van der Waals surface area contributed by atoms with Crippen molar-refractivity contribution in [2.75, 3.05) is 13.1 Å². The van der Waals surface area contributed by atoms with E-state index in [4.69, 9.17) is 4.98 Å². The van der Waals surface area contributed by atoms with Crippen LogP contribution in [0, 0.1) is 0 Å². The second-order valence-corrected chi connectivity index (χ2v) is 6.96. The van der Waals surface area contributed by atoms with Gasteiger partial charge in [0, 0.05) is 6.54 Å². The van der Waals surface area contributed by atoms with Crippen molar-refractivity contribution < 1.29 is 4.79 Å². The van der Waals surface area contributed by atoms with Crippen LogP contribution in [0.1, 0.15) is 55.1 Å². The Balaban J connectivity index is 1.50. The number of fused-ring (bicyclic) bond motifs is 1. The van der Waals surface area contributed by atoms with Gasteiger partial charge in [-0.15, -0.1) is 5.10 Å². The van der Waals surface area contributed by atoms with Crippen molar-refractivity contribution in [3.63, 3.8) is 0 Å². The maximum Gasteiger partial charge on any atom is 0.274 e. The van der Waals surface area contributed by atoms with Gasteiger partial charge in [-0.05, 0) is 51.9 Å². The zero-order valence-corrected chi connectivity index (χ0v) is 15.7. The number of hydrogen-bond acceptors (Lipinski definition) is 5. The summed E-state index contributed by atoms with van der Waals surface area (Å²) in [6, 6.07) is 8.10. The second kappa shape index (κ2) is 7.48. The number of rotatable bonds is 5. The predicted molar refractivity (Wildman–Crippen MR) is 102 cm³/mol. The van der Waals surface area contributed by atoms with Crippen LogP contribution in [-0.2, 0) is 6.54 Å². The molecule has 8 heteroatoms. The highest BCUT2D eigenvalue weighted by molar-refractivity contribution is 5.92. The summed E-state index contributed by atoms with van der Waals surface area (Å²) in [6.07, 6.45) is 3.75. The van der Waals surface area contributed by atoms with Crippen LogP contribution in [0.25, 0.3) is 11.0 Å². The SMILES string of the molecule is CCn1c([C@@H](C)NC(=O)c2cn(C3CCNCC3)nn2)nc2ccccc21. The lowest BCUT2D eigenvalue weighted by Gasteiger charge is -2.22. The summed E-state index contributed by atoms with van der Waals surface area (Å²) in [6.45, 7) is 6.76. The molecule has 0 unspecified atom stereocenters. The number of imidazole rings is 1. The summed E-state index contributed by atoms with van der Waals surface area (Å²) in [5, 5.41) is 14.6. The van der Waals surface area contributed by atoms with E-state index in [1.807, 2.05) is 29.8 Å². The fourth-order valence-corrected chi connectivity index (χ4v) is 3.72. The Labute approximate surface area is 158 Å². The summed E-state index contributed by atoms with van der Waals surface area (Å²) in [4.78, 5) is 17.4. The second-order valence-electron chi connectivity index (χ2n) is 6.96. The van der Waals surface area contributed by atoms with Crippen LogP contribution in [0.5, 0.6) is 0 Å². The number of carbonyl (C=O) groups is 1. The molecule has 1 atom stereocenters. The molecule has 1 aliphatic heterocycles. The van der Waals surface area contributed by atoms with Crippen molar-refractivity contribution >= 4 is 16.9 Å². The average Bonchev–Trinajstić information content (AvgIpc) is 3.33. The topological polar surface area (TPSA) is 89.7 Å². The minimum atomic E-state index is -0.228. The molecule has 0 saturated carbocycles. The molecule has 1 saturated heterocycles. The largest absolute Gasteiger partial charge is 0.341 e. The maximum absolute atomic E-state index is 12.7. The van der Waals surface area contributed by atoms with Gasteiger partial charge < -0.3 is 15.2 Å². The number of hydrogen-bond donors (Lipinski definition) is 2. The van der Waals surface area contributed by atoms with Gasteiger partial charge in [0.25, 0.3) is 5.91 Å². The third-order valence-corrected chi connectivity index (χ3v) is 5.16. The molecule has 1 aliphatic rings. The number of aryl methyl sites for hydroxylation is 1. The van der Waals surface area contributed by atoms with Gasteiger partial charge in [0.05, 0.1) is 29.3 Å². The first-order valence-corrected chi connectivity index (χ1v) is 9.56. The highest BCUT2D eigenvalue weighted by atomic mass is 16.2. The van der Waals surface area contributed by atoms with Crippen molar-refractivity contribution in [2.24, 2.45) is 0 Å². The zero-order valence-electron chi connectivity index (χ0n) is 15.7. The number of carbonyl (C=O) groups excluding carboxylic acids is 1. The molecule has 142 valence electrons. The van der Waals surface area contributed by atoms with Crippen LogP contribution in [-0.4, -0.2) is 43.5 Å². The number of amides is 1. The molecule has 4 rings (SSSR count). The molecule has 27 heavy (non-hydrogen) atoms. The van der Waals surface area contributed by atoms with E-state index >= 15 is 0 Å². The number of para-hydroxylation sites is 2. The molecular formula is C19H25N7O. The smallest absolute Gasteiger partial charge is 0.274 e. The van der Waals surface area contributed by atoms with Crippen LogP contribution in [0.4, 0.5) is 0 Å². The highest BCUT2D eigenvalue weighted by Crippen LogP contribution is 2.21. The standard InChI is InChI=1S/C19H25N7O/c1-3-25-17-7-5-4-6-15(17)22-18(25)13(2)21-19(27)16-12-26(24-23-16)14-8-10-20-11-9-14/h4-7,12-14,20H,3,8-11H2,1-2H3,(H,21,27)/t13-/m1/s1. The lowest BCUT2D eigenvalue weighted by molar-refractivity contribution is 0.0932. The number of aromatic nitrogens is 5. The number of nitrogens with zero attached hydrogens (tertiary/aromatic N) is 5. The van der Waals surface area contributed by atoms with Gasteiger partial charge in [0.15, 0.2) is 5.69 Å². The van der Waals surface area contributed by atoms with E-state index in [2.05, 4.69) is 38.5 Å². The summed E-state index contributed by atoms with van der Waals surface area (Å²) in [5.74, 6) is 0.621. The third kappa shape index (κ3) is 3.44. The van der Waals surface area contributed by atoms with Crippen LogP contribution in [0.2, 0.25) is 0 Å². The third-order valence-electron chi connectivity index (χ3n) is 5.16. The average molecular weight is 367 g/mol. The molecule has 0 spiro atoms. The fourth-order valence-electron chi connectivity index (χ4n) is 3.72. The minimum absolute atomic E-state index is 0.225. The Hall–Kier alpha value is -2.74. The summed E-state index contributed by atoms with van der Waals surface area (Å²) in [7, 11) is 0. The van der Waals surface area contributed by atoms with Crippen molar-refractivity contribution in [1.82, 2.24) is 35.2 Å². The lowest BCUT2D eigenvalue weighted by Crippen LogP contribution is -2.30. The molecule has 8 nitrogen and oxygen atoms in total. The van der Waals surface area contributed by atoms with Gasteiger partial charge in [-0.2, -0.15) is 0 Å². The molecule has 0 aliphatic carbocycles. The quantitative estimate of drug-likeness (QED) is 0.720. The van der Waals surface area contributed by atoms with Crippen LogP contribution in [0.3, 0.4) is 0 Å². The molecule has 1 fully saturated rings. The molecule has 3 aromatic rings. The highest BCUT2D eigenvalue weighted by Gasteiger charge is 2.22. The van der Waals surface area contributed by atoms with Gasteiger partial charge in [-0.1, -0.05) is 17.3 Å². The van der Waals surface area contributed by atoms with Gasteiger partial charge in [-0.3, -0.25) is 4.79 Å². The Kier molecular flexibility index (Phi) is 4.89. The number of benzene rings is 1. The van der Waals surface area contributed by atoms with E-state index in [0.29, 0.717) is 11.7 Å². The van der Waals surface area contributed by atoms with Crippen molar-refractivity contribution in [3.8, 4) is 0 Å². The Bertz CT molecular complexity index is 939. The first-order valence-electron chi connectivity index (χ1n) is 9.56. The summed E-state index contributed by atoms with van der Waals surface area (Å²) < 4.78 is 3.95. The Morgan fingerprint density at radius 1 is 1.33 bits per heavy atom. The van der Waals surface area contributed by atoms with Gasteiger partial charge in [0.2, 0.25) is 0 Å².